The molecule has 0 aliphatic rings. The van der Waals surface area contributed by atoms with Crippen LogP contribution in [0, 0.1) is 0 Å². The van der Waals surface area contributed by atoms with Crippen molar-refractivity contribution in [3.05, 3.63) is 97.2 Å². The lowest BCUT2D eigenvalue weighted by atomic mass is 10.0. The molecule has 8 nitrogen and oxygen atoms in total. The van der Waals surface area contributed by atoms with Crippen LogP contribution in [0.5, 0.6) is 0 Å². The first kappa shape index (κ1) is 83.4. The van der Waals surface area contributed by atoms with Crippen LogP contribution >= 0.6 is 7.82 Å². The first-order chi connectivity index (χ1) is 42.0. The third-order valence-corrected chi connectivity index (χ3v) is 17.3. The Kier molecular flexibility index (Phi) is 64.8. The van der Waals surface area contributed by atoms with Crippen LogP contribution in [0.3, 0.4) is 0 Å². The molecular formula is C77H142N2O6P+. The van der Waals surface area contributed by atoms with E-state index in [1.54, 1.807) is 6.08 Å². The molecule has 0 saturated carbocycles. The van der Waals surface area contributed by atoms with Gasteiger partial charge in [-0.2, -0.15) is 0 Å². The molecule has 0 aromatic heterocycles. The van der Waals surface area contributed by atoms with Gasteiger partial charge in [0.15, 0.2) is 0 Å². The van der Waals surface area contributed by atoms with Gasteiger partial charge in [-0.15, -0.1) is 0 Å². The summed E-state index contributed by atoms with van der Waals surface area (Å²) in [7, 11) is 1.56. The van der Waals surface area contributed by atoms with Gasteiger partial charge in [0.1, 0.15) is 13.2 Å². The Hall–Kier alpha value is -2.58. The highest BCUT2D eigenvalue weighted by molar-refractivity contribution is 7.47. The van der Waals surface area contributed by atoms with Crippen molar-refractivity contribution in [1.29, 1.82) is 0 Å². The maximum atomic E-state index is 13.1. The second-order valence-corrected chi connectivity index (χ2v) is 27.4. The van der Waals surface area contributed by atoms with Gasteiger partial charge in [-0.1, -0.05) is 342 Å². The molecule has 1 amide bonds. The minimum Gasteiger partial charge on any atom is -0.387 e. The summed E-state index contributed by atoms with van der Waals surface area (Å²) in [5.41, 5.74) is 0. The second-order valence-electron chi connectivity index (χ2n) is 25.9. The fraction of sp³-hybridized carbons (Fsp3) is 0.779. The summed E-state index contributed by atoms with van der Waals surface area (Å²) in [6, 6.07) is -0.869. The third kappa shape index (κ3) is 68.9. The molecule has 3 N–H and O–H groups in total. The smallest absolute Gasteiger partial charge is 0.387 e. The van der Waals surface area contributed by atoms with Crippen molar-refractivity contribution in [2.75, 3.05) is 40.9 Å². The number of phosphoric acid groups is 1. The number of rotatable bonds is 67. The van der Waals surface area contributed by atoms with Crippen LogP contribution in [-0.4, -0.2) is 73.4 Å². The fourth-order valence-electron chi connectivity index (χ4n) is 10.7. The van der Waals surface area contributed by atoms with Crippen LogP contribution in [-0.2, 0) is 18.4 Å². The average Bonchev–Trinajstić information content (AvgIpc) is 3.70. The van der Waals surface area contributed by atoms with E-state index >= 15 is 0 Å². The van der Waals surface area contributed by atoms with Crippen molar-refractivity contribution >= 4 is 13.7 Å². The first-order valence-corrected chi connectivity index (χ1v) is 38.1. The number of carbonyl (C=O) groups is 1. The Morgan fingerprint density at radius 1 is 0.407 bits per heavy atom. The van der Waals surface area contributed by atoms with Crippen LogP contribution in [0.2, 0.25) is 0 Å². The molecule has 0 aromatic rings. The van der Waals surface area contributed by atoms with Crippen molar-refractivity contribution in [1.82, 2.24) is 5.32 Å². The summed E-state index contributed by atoms with van der Waals surface area (Å²) in [6.45, 7) is 4.72. The van der Waals surface area contributed by atoms with E-state index in [0.717, 1.165) is 77.0 Å². The van der Waals surface area contributed by atoms with Crippen LogP contribution in [0.4, 0.5) is 0 Å². The Morgan fingerprint density at radius 2 is 0.709 bits per heavy atom. The van der Waals surface area contributed by atoms with E-state index in [-0.39, 0.29) is 19.1 Å². The number of unbranched alkanes of at least 4 members (excludes halogenated alkanes) is 40. The monoisotopic (exact) mass is 1220 g/mol. The van der Waals surface area contributed by atoms with Gasteiger partial charge in [-0.05, 0) is 83.5 Å². The number of amides is 1. The number of hydrogen-bond donors (Lipinski definition) is 3. The lowest BCUT2D eigenvalue weighted by Gasteiger charge is -2.25. The van der Waals surface area contributed by atoms with E-state index in [4.69, 9.17) is 9.05 Å². The van der Waals surface area contributed by atoms with Gasteiger partial charge >= 0.3 is 7.82 Å². The van der Waals surface area contributed by atoms with E-state index in [0.29, 0.717) is 17.4 Å². The topological polar surface area (TPSA) is 105 Å². The van der Waals surface area contributed by atoms with Crippen LogP contribution in [0.25, 0.3) is 0 Å². The van der Waals surface area contributed by atoms with Gasteiger partial charge in [0.25, 0.3) is 0 Å². The molecule has 0 spiro atoms. The first-order valence-electron chi connectivity index (χ1n) is 36.6. The number of hydrogen-bond acceptors (Lipinski definition) is 5. The number of allylic oxidation sites excluding steroid dienone is 15. The van der Waals surface area contributed by atoms with Crippen molar-refractivity contribution in [2.24, 2.45) is 0 Å². The lowest BCUT2D eigenvalue weighted by Crippen LogP contribution is -2.45. The molecular weight excluding hydrogens is 1080 g/mol. The van der Waals surface area contributed by atoms with E-state index in [1.807, 2.05) is 27.2 Å². The maximum absolute atomic E-state index is 13.1. The molecule has 86 heavy (non-hydrogen) atoms. The van der Waals surface area contributed by atoms with Crippen molar-refractivity contribution in [2.45, 2.75) is 347 Å². The minimum atomic E-state index is -4.37. The molecule has 0 bridgehead atoms. The predicted molar refractivity (Wildman–Crippen MR) is 378 cm³/mol. The SMILES string of the molecule is CC/C=C\C/C=C\C/C=C\C/C=C\C/C=C\C/C=C\CCCCCCCCCCCCCCCCCCCCC(=O)NC(COP(=O)(O)OCC[N+](C)(C)C)C(O)/C=C/CC/C=C/CCCCCCCCCCCCCCCCCCCCCCC. The summed E-state index contributed by atoms with van der Waals surface area (Å²) in [4.78, 5) is 23.4. The normalized spacial score (nSPS) is 14.2. The number of phosphoric ester groups is 1. The third-order valence-electron chi connectivity index (χ3n) is 16.3. The molecule has 0 fully saturated rings. The van der Waals surface area contributed by atoms with Crippen molar-refractivity contribution in [3.8, 4) is 0 Å². The Bertz CT molecular complexity index is 1730. The molecule has 0 aromatic carbocycles. The maximum Gasteiger partial charge on any atom is 0.472 e. The lowest BCUT2D eigenvalue weighted by molar-refractivity contribution is -0.870. The molecule has 0 aliphatic heterocycles. The average molecular weight is 1220 g/mol. The quantitative estimate of drug-likeness (QED) is 0.0243. The van der Waals surface area contributed by atoms with Crippen molar-refractivity contribution in [3.63, 3.8) is 0 Å². The highest BCUT2D eigenvalue weighted by Gasteiger charge is 2.28. The Morgan fingerprint density at radius 3 is 1.07 bits per heavy atom. The van der Waals surface area contributed by atoms with Crippen LogP contribution < -0.4 is 5.32 Å². The summed E-state index contributed by atoms with van der Waals surface area (Å²) >= 11 is 0. The standard InChI is InChI=1S/C77H141N2O6P/c1-6-8-10-12-14-16-18-20-22-24-26-28-30-32-34-35-36-37-38-39-40-41-42-43-45-47-49-51-53-55-57-59-61-63-65-67-69-71-77(81)78-75(74-85-86(82,83)84-73-72-79(3,4)5)76(80)70-68-66-64-62-60-58-56-54-52-50-48-46-44-33-31-29-27-25-23-21-19-17-15-13-11-9-7-2/h8,10,14,16,20,22,26,28,32,34,36-37,60,62,68,70,75-76,80H,6-7,9,11-13,15,17-19,21,23-25,27,29-31,33,35,38-59,61,63-67,69,71-74H2,1-5H3,(H-,78,81,82,83)/p+1/b10-8-,16-14-,22-20-,28-26-,34-32-,37-36-,62-60+,70-68+. The van der Waals surface area contributed by atoms with Crippen molar-refractivity contribution < 1.29 is 32.9 Å². The summed E-state index contributed by atoms with van der Waals surface area (Å²) in [5.74, 6) is -0.184. The van der Waals surface area contributed by atoms with Crippen LogP contribution in [0.1, 0.15) is 335 Å². The number of nitrogens with one attached hydrogen (secondary N) is 1. The number of quaternary nitrogens is 1. The fourth-order valence-corrected chi connectivity index (χ4v) is 11.4. The van der Waals surface area contributed by atoms with Gasteiger partial charge in [0.2, 0.25) is 5.91 Å². The molecule has 500 valence electrons. The summed E-state index contributed by atoms with van der Waals surface area (Å²) in [6.07, 6.45) is 97.1. The van der Waals surface area contributed by atoms with Gasteiger partial charge < -0.3 is 19.8 Å². The summed E-state index contributed by atoms with van der Waals surface area (Å²) < 4.78 is 23.8. The number of aliphatic hydroxyl groups is 1. The molecule has 3 atom stereocenters. The molecule has 0 saturated heterocycles. The zero-order valence-electron chi connectivity index (χ0n) is 57.3. The largest absolute Gasteiger partial charge is 0.472 e. The number of likely N-dealkylation sites (N-methyl/N-ethyl adjacent to an activating group) is 1. The molecule has 0 heterocycles. The number of carbonyl (C=O) groups excluding carboxylic acids is 1. The highest BCUT2D eigenvalue weighted by atomic mass is 31.2. The highest BCUT2D eigenvalue weighted by Crippen LogP contribution is 2.43. The van der Waals surface area contributed by atoms with Gasteiger partial charge in [0, 0.05) is 6.42 Å². The van der Waals surface area contributed by atoms with Crippen LogP contribution in [0.15, 0.2) is 97.2 Å². The predicted octanol–water partition coefficient (Wildman–Crippen LogP) is 23.7. The van der Waals surface area contributed by atoms with E-state index < -0.39 is 20.0 Å². The minimum absolute atomic E-state index is 0.0545. The molecule has 0 rings (SSSR count). The number of aliphatic hydroxyl groups excluding tert-OH is 1. The van der Waals surface area contributed by atoms with Gasteiger partial charge in [-0.3, -0.25) is 13.8 Å². The Labute approximate surface area is 534 Å². The summed E-state index contributed by atoms with van der Waals surface area (Å²) in [5, 5.41) is 14.0. The zero-order chi connectivity index (χ0) is 62.6. The molecule has 9 heteroatoms. The molecule has 0 aliphatic carbocycles. The van der Waals surface area contributed by atoms with E-state index in [1.165, 1.54) is 238 Å². The molecule has 3 unspecified atom stereocenters. The number of nitrogens with zero attached hydrogens (tertiary/aromatic N) is 1. The zero-order valence-corrected chi connectivity index (χ0v) is 58.2. The Balaban J connectivity index is 4.06. The van der Waals surface area contributed by atoms with E-state index in [9.17, 15) is 19.4 Å². The molecule has 0 radical (unpaired) electrons. The van der Waals surface area contributed by atoms with E-state index in [2.05, 4.69) is 104 Å². The second kappa shape index (κ2) is 66.8. The van der Waals surface area contributed by atoms with Gasteiger partial charge in [0.05, 0.1) is 39.9 Å². The van der Waals surface area contributed by atoms with Gasteiger partial charge in [-0.25, -0.2) is 4.57 Å².